The minimum Gasteiger partial charge on any atom is -0.496 e. The Morgan fingerprint density at radius 2 is 1.90 bits per heavy atom. The number of para-hydroxylation sites is 1. The average molecular weight is 443 g/mol. The van der Waals surface area contributed by atoms with Gasteiger partial charge in [0, 0.05) is 24.8 Å². The van der Waals surface area contributed by atoms with Gasteiger partial charge in [0.15, 0.2) is 18.1 Å². The Morgan fingerprint density at radius 3 is 2.58 bits per heavy atom. The predicted octanol–water partition coefficient (Wildman–Crippen LogP) is 3.36. The fraction of sp³-hybridized carbons (Fsp3) is 0.273. The largest absolute Gasteiger partial charge is 0.496 e. The van der Waals surface area contributed by atoms with Gasteiger partial charge in [-0.05, 0) is 38.1 Å². The van der Waals surface area contributed by atoms with Crippen molar-refractivity contribution in [3.63, 3.8) is 0 Å². The van der Waals surface area contributed by atoms with Crippen molar-refractivity contribution in [2.75, 3.05) is 20.8 Å². The van der Waals surface area contributed by atoms with Crippen molar-refractivity contribution < 1.29 is 19.1 Å². The van der Waals surface area contributed by atoms with Crippen LogP contribution in [0.15, 0.2) is 42.5 Å². The highest BCUT2D eigenvalue weighted by atomic mass is 35.5. The van der Waals surface area contributed by atoms with Crippen molar-refractivity contribution in [1.29, 1.82) is 0 Å². The number of pyridine rings is 1. The van der Waals surface area contributed by atoms with E-state index >= 15 is 0 Å². The summed E-state index contributed by atoms with van der Waals surface area (Å²) in [6, 6.07) is 12.5. The smallest absolute Gasteiger partial charge is 0.359 e. The van der Waals surface area contributed by atoms with E-state index in [-0.39, 0.29) is 16.6 Å². The molecule has 1 aromatic carbocycles. The lowest BCUT2D eigenvalue weighted by molar-refractivity contribution is -0.133. The van der Waals surface area contributed by atoms with Crippen LogP contribution < -0.4 is 4.74 Å². The van der Waals surface area contributed by atoms with Crippen molar-refractivity contribution in [3.05, 3.63) is 70.1 Å². The summed E-state index contributed by atoms with van der Waals surface area (Å²) in [5.41, 5.74) is 2.45. The third-order valence-electron chi connectivity index (χ3n) is 4.60. The molecular weight excluding hydrogens is 420 g/mol. The van der Waals surface area contributed by atoms with E-state index in [1.165, 1.54) is 4.90 Å². The highest BCUT2D eigenvalue weighted by molar-refractivity contribution is 6.33. The van der Waals surface area contributed by atoms with Gasteiger partial charge in [-0.3, -0.25) is 4.79 Å². The minimum atomic E-state index is -0.785. The molecule has 0 aliphatic rings. The number of hydrogen-bond acceptors (Lipinski definition) is 6. The summed E-state index contributed by atoms with van der Waals surface area (Å²) >= 11 is 6.14. The van der Waals surface area contributed by atoms with E-state index in [1.54, 1.807) is 31.0 Å². The Labute approximate surface area is 185 Å². The predicted molar refractivity (Wildman–Crippen MR) is 116 cm³/mol. The molecule has 0 aliphatic carbocycles. The number of aryl methyl sites for hydroxylation is 2. The molecule has 3 aromatic rings. The van der Waals surface area contributed by atoms with E-state index in [2.05, 4.69) is 10.1 Å². The molecule has 0 atom stereocenters. The first-order chi connectivity index (χ1) is 14.8. The highest BCUT2D eigenvalue weighted by Gasteiger charge is 2.19. The van der Waals surface area contributed by atoms with Crippen LogP contribution in [0.4, 0.5) is 0 Å². The molecule has 1 amide bonds. The van der Waals surface area contributed by atoms with Crippen LogP contribution in [-0.2, 0) is 16.1 Å². The second-order valence-electron chi connectivity index (χ2n) is 6.98. The van der Waals surface area contributed by atoms with Crippen LogP contribution in [0.3, 0.4) is 0 Å². The number of rotatable bonds is 7. The van der Waals surface area contributed by atoms with Gasteiger partial charge >= 0.3 is 5.97 Å². The standard InChI is InChI=1S/C22H23ClN4O4/c1-14-11-15(2)27(25-14)19-10-9-17(23)21(24-19)22(29)31-13-20(28)26(3)12-16-7-5-6-8-18(16)30-4/h5-11H,12-13H2,1-4H3. The maximum atomic E-state index is 12.5. The molecule has 31 heavy (non-hydrogen) atoms. The molecule has 0 N–H and O–H groups in total. The van der Waals surface area contributed by atoms with Crippen molar-refractivity contribution in [3.8, 4) is 11.6 Å². The minimum absolute atomic E-state index is 0.0769. The Bertz CT molecular complexity index is 1110. The van der Waals surface area contributed by atoms with Gasteiger partial charge in [0.1, 0.15) is 5.75 Å². The molecule has 0 aliphatic heterocycles. The van der Waals surface area contributed by atoms with Gasteiger partial charge in [0.25, 0.3) is 5.91 Å². The topological polar surface area (TPSA) is 86.5 Å². The maximum Gasteiger partial charge on any atom is 0.359 e. The normalized spacial score (nSPS) is 10.6. The molecule has 8 nitrogen and oxygen atoms in total. The lowest BCUT2D eigenvalue weighted by atomic mass is 10.2. The summed E-state index contributed by atoms with van der Waals surface area (Å²) in [7, 11) is 3.19. The second-order valence-corrected chi connectivity index (χ2v) is 7.38. The first kappa shape index (κ1) is 22.3. The van der Waals surface area contributed by atoms with Gasteiger partial charge in [0.05, 0.1) is 17.8 Å². The average Bonchev–Trinajstić information content (AvgIpc) is 3.10. The molecule has 0 saturated heterocycles. The van der Waals surface area contributed by atoms with Crippen LogP contribution in [0.2, 0.25) is 5.02 Å². The Balaban J connectivity index is 1.67. The molecule has 0 radical (unpaired) electrons. The van der Waals surface area contributed by atoms with Gasteiger partial charge in [-0.2, -0.15) is 5.10 Å². The zero-order chi connectivity index (χ0) is 22.5. The molecule has 0 fully saturated rings. The van der Waals surface area contributed by atoms with E-state index in [4.69, 9.17) is 21.1 Å². The molecular formula is C22H23ClN4O4. The number of nitrogens with zero attached hydrogens (tertiary/aromatic N) is 4. The number of amides is 1. The number of carbonyl (C=O) groups is 2. The van der Waals surface area contributed by atoms with Crippen LogP contribution in [0.5, 0.6) is 5.75 Å². The number of carbonyl (C=O) groups excluding carboxylic acids is 2. The van der Waals surface area contributed by atoms with E-state index in [9.17, 15) is 9.59 Å². The number of esters is 1. The molecule has 162 valence electrons. The Hall–Kier alpha value is -3.39. The quantitative estimate of drug-likeness (QED) is 0.521. The lowest BCUT2D eigenvalue weighted by Gasteiger charge is -2.18. The number of aromatic nitrogens is 3. The summed E-state index contributed by atoms with van der Waals surface area (Å²) < 4.78 is 12.1. The molecule has 0 saturated carbocycles. The third kappa shape index (κ3) is 5.21. The van der Waals surface area contributed by atoms with E-state index < -0.39 is 12.6 Å². The number of likely N-dealkylation sites (N-methyl/N-ethyl adjacent to an activating group) is 1. The first-order valence-electron chi connectivity index (χ1n) is 9.53. The fourth-order valence-corrected chi connectivity index (χ4v) is 3.22. The summed E-state index contributed by atoms with van der Waals surface area (Å²) in [6.45, 7) is 3.62. The Kier molecular flexibility index (Phi) is 6.91. The van der Waals surface area contributed by atoms with Crippen LogP contribution in [0.1, 0.15) is 27.4 Å². The molecule has 0 spiro atoms. The number of halogens is 1. The molecule has 9 heteroatoms. The van der Waals surface area contributed by atoms with Gasteiger partial charge in [-0.15, -0.1) is 0 Å². The zero-order valence-corrected chi connectivity index (χ0v) is 18.5. The number of hydrogen-bond donors (Lipinski definition) is 0. The third-order valence-corrected chi connectivity index (χ3v) is 4.91. The van der Waals surface area contributed by atoms with Crippen molar-refractivity contribution in [2.45, 2.75) is 20.4 Å². The Morgan fingerprint density at radius 1 is 1.16 bits per heavy atom. The van der Waals surface area contributed by atoms with E-state index in [0.29, 0.717) is 18.1 Å². The fourth-order valence-electron chi connectivity index (χ4n) is 3.04. The van der Waals surface area contributed by atoms with Crippen LogP contribution in [0, 0.1) is 13.8 Å². The van der Waals surface area contributed by atoms with Crippen molar-refractivity contribution in [1.82, 2.24) is 19.7 Å². The van der Waals surface area contributed by atoms with E-state index in [1.807, 2.05) is 44.2 Å². The second kappa shape index (κ2) is 9.61. The van der Waals surface area contributed by atoms with Crippen LogP contribution >= 0.6 is 11.6 Å². The molecule has 0 bridgehead atoms. The number of ether oxygens (including phenoxy) is 2. The SMILES string of the molecule is COc1ccccc1CN(C)C(=O)COC(=O)c1nc(-n2nc(C)cc2C)ccc1Cl. The van der Waals surface area contributed by atoms with Crippen molar-refractivity contribution >= 4 is 23.5 Å². The van der Waals surface area contributed by atoms with Crippen LogP contribution in [-0.4, -0.2) is 52.3 Å². The van der Waals surface area contributed by atoms with Gasteiger partial charge in [-0.1, -0.05) is 29.8 Å². The zero-order valence-electron chi connectivity index (χ0n) is 17.8. The number of methoxy groups -OCH3 is 1. The van der Waals surface area contributed by atoms with E-state index in [0.717, 1.165) is 17.0 Å². The first-order valence-corrected chi connectivity index (χ1v) is 9.91. The highest BCUT2D eigenvalue weighted by Crippen LogP contribution is 2.20. The molecule has 2 aromatic heterocycles. The summed E-state index contributed by atoms with van der Waals surface area (Å²) in [5, 5.41) is 4.48. The lowest BCUT2D eigenvalue weighted by Crippen LogP contribution is -2.31. The van der Waals surface area contributed by atoms with Gasteiger partial charge < -0.3 is 14.4 Å². The summed E-state index contributed by atoms with van der Waals surface area (Å²) in [4.78, 5) is 30.7. The monoisotopic (exact) mass is 442 g/mol. The van der Waals surface area contributed by atoms with Gasteiger partial charge in [0.2, 0.25) is 0 Å². The van der Waals surface area contributed by atoms with Crippen molar-refractivity contribution in [2.24, 2.45) is 0 Å². The molecule has 0 unspecified atom stereocenters. The van der Waals surface area contributed by atoms with Gasteiger partial charge in [-0.25, -0.2) is 14.5 Å². The maximum absolute atomic E-state index is 12.5. The summed E-state index contributed by atoms with van der Waals surface area (Å²) in [5.74, 6) is -0.0461. The van der Waals surface area contributed by atoms with Crippen LogP contribution in [0.25, 0.3) is 5.82 Å². The summed E-state index contributed by atoms with van der Waals surface area (Å²) in [6.07, 6.45) is 0. The number of benzene rings is 1. The molecule has 2 heterocycles. The molecule has 3 rings (SSSR count).